The van der Waals surface area contributed by atoms with Gasteiger partial charge in [-0.15, -0.1) is 6.58 Å². The Morgan fingerprint density at radius 2 is 2.05 bits per heavy atom. The molecule has 0 saturated carbocycles. The Morgan fingerprint density at radius 1 is 1.20 bits per heavy atom. The molecule has 0 atom stereocenters. The number of aromatic nitrogens is 4. The molecule has 2 aromatic heterocycles. The number of imidazole rings is 1. The van der Waals surface area contributed by atoms with Crippen molar-refractivity contribution in [3.8, 4) is 0 Å². The van der Waals surface area contributed by atoms with Crippen molar-refractivity contribution in [3.63, 3.8) is 0 Å². The average Bonchev–Trinajstić information content (AvgIpc) is 2.98. The van der Waals surface area contributed by atoms with Gasteiger partial charge in [0.25, 0.3) is 0 Å². The number of nitrogens with zero attached hydrogens (tertiary/aromatic N) is 4. The zero-order valence-corrected chi connectivity index (χ0v) is 10.8. The largest absolute Gasteiger partial charge is 0.340 e. The zero-order valence-electron chi connectivity index (χ0n) is 10.8. The van der Waals surface area contributed by atoms with Gasteiger partial charge in [-0.2, -0.15) is 0 Å². The van der Waals surface area contributed by atoms with Crippen LogP contribution in [0.3, 0.4) is 0 Å². The van der Waals surface area contributed by atoms with Crippen LogP contribution in [0, 0.1) is 0 Å². The van der Waals surface area contributed by atoms with E-state index in [0.717, 1.165) is 17.0 Å². The van der Waals surface area contributed by atoms with Crippen molar-refractivity contribution in [1.82, 2.24) is 25.4 Å². The molecule has 0 fully saturated rings. The number of rotatable bonds is 5. The minimum absolute atomic E-state index is 0.620. The first-order valence-electron chi connectivity index (χ1n) is 6.24. The van der Waals surface area contributed by atoms with Crippen LogP contribution in [0.5, 0.6) is 0 Å². The second kappa shape index (κ2) is 5.50. The number of hydrazine groups is 1. The molecule has 2 N–H and O–H groups in total. The van der Waals surface area contributed by atoms with Gasteiger partial charge in [0, 0.05) is 6.54 Å². The van der Waals surface area contributed by atoms with Gasteiger partial charge in [-0.25, -0.2) is 20.4 Å². The molecule has 2 heterocycles. The molecule has 6 heteroatoms. The van der Waals surface area contributed by atoms with Crippen LogP contribution in [-0.2, 0) is 0 Å². The highest BCUT2D eigenvalue weighted by atomic mass is 15.5. The Balaban J connectivity index is 2.09. The van der Waals surface area contributed by atoms with Gasteiger partial charge in [0.2, 0.25) is 0 Å². The molecule has 20 heavy (non-hydrogen) atoms. The summed E-state index contributed by atoms with van der Waals surface area (Å²) in [7, 11) is 0. The first kappa shape index (κ1) is 12.3. The van der Waals surface area contributed by atoms with Crippen LogP contribution in [0.1, 0.15) is 0 Å². The van der Waals surface area contributed by atoms with E-state index < -0.39 is 0 Å². The lowest BCUT2D eigenvalue weighted by atomic mass is 10.3. The Morgan fingerprint density at radius 3 is 2.85 bits per heavy atom. The van der Waals surface area contributed by atoms with Crippen molar-refractivity contribution in [2.24, 2.45) is 0 Å². The molecular weight excluding hydrogens is 252 g/mol. The van der Waals surface area contributed by atoms with Crippen LogP contribution in [0.4, 0.5) is 11.5 Å². The summed E-state index contributed by atoms with van der Waals surface area (Å²) in [6, 6.07) is 9.92. The van der Waals surface area contributed by atoms with Crippen molar-refractivity contribution in [3.05, 3.63) is 55.6 Å². The third-order valence-electron chi connectivity index (χ3n) is 2.82. The normalized spacial score (nSPS) is 10.6. The minimum Gasteiger partial charge on any atom is -0.340 e. The molecule has 0 bridgehead atoms. The number of anilines is 2. The molecule has 6 nitrogen and oxygen atoms in total. The number of H-pyrrole nitrogens is 1. The molecule has 0 unspecified atom stereocenters. The van der Waals surface area contributed by atoms with Crippen molar-refractivity contribution in [2.45, 2.75) is 0 Å². The van der Waals surface area contributed by atoms with Crippen LogP contribution < -0.4 is 10.4 Å². The summed E-state index contributed by atoms with van der Waals surface area (Å²) in [4.78, 5) is 15.7. The van der Waals surface area contributed by atoms with E-state index in [1.54, 1.807) is 12.4 Å². The highest BCUT2D eigenvalue weighted by Crippen LogP contribution is 2.25. The fourth-order valence-electron chi connectivity index (χ4n) is 1.94. The van der Waals surface area contributed by atoms with Crippen molar-refractivity contribution < 1.29 is 0 Å². The van der Waals surface area contributed by atoms with E-state index in [9.17, 15) is 0 Å². The van der Waals surface area contributed by atoms with E-state index in [0.29, 0.717) is 12.2 Å². The van der Waals surface area contributed by atoms with Gasteiger partial charge in [0.15, 0.2) is 11.5 Å². The predicted octanol–water partition coefficient (Wildman–Crippen LogP) is 2.18. The molecule has 1 aromatic carbocycles. The number of nitrogens with one attached hydrogen (secondary N) is 2. The number of fused-ring (bicyclic) bond motifs is 1. The Labute approximate surface area is 116 Å². The van der Waals surface area contributed by atoms with E-state index in [4.69, 9.17) is 0 Å². The molecule has 0 spiro atoms. The maximum Gasteiger partial charge on any atom is 0.182 e. The standard InChI is InChI=1S/C14H14N6/c1-2-8-19-20(11-6-4-3-5-7-11)14-12-13(16-9-15-12)17-10-18-14/h2-7,9-10,19H,1,8H2,(H,15,16,17,18). The molecule has 0 saturated heterocycles. The van der Waals surface area contributed by atoms with Gasteiger partial charge < -0.3 is 4.98 Å². The van der Waals surface area contributed by atoms with Crippen LogP contribution in [0.25, 0.3) is 11.2 Å². The quantitative estimate of drug-likeness (QED) is 0.547. The molecule has 3 aromatic rings. The third kappa shape index (κ3) is 2.24. The number of aromatic amines is 1. The van der Waals surface area contributed by atoms with Crippen LogP contribution >= 0.6 is 0 Å². The number of benzene rings is 1. The SMILES string of the molecule is C=CCNN(c1ccccc1)c1ncnc2nc[nH]c12. The summed E-state index contributed by atoms with van der Waals surface area (Å²) in [6.07, 6.45) is 4.91. The van der Waals surface area contributed by atoms with E-state index >= 15 is 0 Å². The lowest BCUT2D eigenvalue weighted by Crippen LogP contribution is -2.34. The number of hydrogen-bond acceptors (Lipinski definition) is 5. The highest BCUT2D eigenvalue weighted by Gasteiger charge is 2.15. The monoisotopic (exact) mass is 266 g/mol. The zero-order chi connectivity index (χ0) is 13.8. The van der Waals surface area contributed by atoms with E-state index in [1.807, 2.05) is 35.3 Å². The van der Waals surface area contributed by atoms with E-state index in [2.05, 4.69) is 31.9 Å². The highest BCUT2D eigenvalue weighted by molar-refractivity contribution is 5.85. The van der Waals surface area contributed by atoms with Gasteiger partial charge >= 0.3 is 0 Å². The summed E-state index contributed by atoms with van der Waals surface area (Å²) in [5.41, 5.74) is 5.66. The van der Waals surface area contributed by atoms with E-state index in [-0.39, 0.29) is 0 Å². The second-order valence-electron chi connectivity index (χ2n) is 4.12. The summed E-state index contributed by atoms with van der Waals surface area (Å²) in [6.45, 7) is 4.35. The first-order valence-corrected chi connectivity index (χ1v) is 6.24. The smallest absolute Gasteiger partial charge is 0.182 e. The van der Waals surface area contributed by atoms with Crippen molar-refractivity contribution >= 4 is 22.7 Å². The molecule has 0 aliphatic rings. The lowest BCUT2D eigenvalue weighted by molar-refractivity contribution is 0.765. The Hall–Kier alpha value is -2.73. The number of hydrogen-bond donors (Lipinski definition) is 2. The van der Waals surface area contributed by atoms with Crippen molar-refractivity contribution in [2.75, 3.05) is 11.6 Å². The third-order valence-corrected chi connectivity index (χ3v) is 2.82. The summed E-state index contributed by atoms with van der Waals surface area (Å²) < 4.78 is 0. The van der Waals surface area contributed by atoms with Gasteiger partial charge in [-0.05, 0) is 12.1 Å². The fourth-order valence-corrected chi connectivity index (χ4v) is 1.94. The maximum atomic E-state index is 4.36. The lowest BCUT2D eigenvalue weighted by Gasteiger charge is -2.24. The molecule has 100 valence electrons. The molecule has 3 rings (SSSR count). The van der Waals surface area contributed by atoms with E-state index in [1.165, 1.54) is 6.33 Å². The Bertz CT molecular complexity index is 706. The van der Waals surface area contributed by atoms with Gasteiger partial charge in [-0.1, -0.05) is 24.3 Å². The molecule has 0 aliphatic carbocycles. The maximum absolute atomic E-state index is 4.36. The molecule has 0 radical (unpaired) electrons. The van der Waals surface area contributed by atoms with Gasteiger partial charge in [0.05, 0.1) is 12.0 Å². The van der Waals surface area contributed by atoms with Crippen LogP contribution in [0.2, 0.25) is 0 Å². The predicted molar refractivity (Wildman–Crippen MR) is 78.5 cm³/mol. The number of para-hydroxylation sites is 1. The molecular formula is C14H14N6. The van der Waals surface area contributed by atoms with Gasteiger partial charge in [0.1, 0.15) is 11.8 Å². The average molecular weight is 266 g/mol. The van der Waals surface area contributed by atoms with Gasteiger partial charge in [-0.3, -0.25) is 5.01 Å². The topological polar surface area (TPSA) is 69.7 Å². The van der Waals surface area contributed by atoms with Crippen LogP contribution in [-0.4, -0.2) is 26.5 Å². The molecule has 0 aliphatic heterocycles. The van der Waals surface area contributed by atoms with Crippen molar-refractivity contribution in [1.29, 1.82) is 0 Å². The van der Waals surface area contributed by atoms with Crippen LogP contribution in [0.15, 0.2) is 55.6 Å². The fraction of sp³-hybridized carbons (Fsp3) is 0.0714. The second-order valence-corrected chi connectivity index (χ2v) is 4.12. The summed E-state index contributed by atoms with van der Waals surface area (Å²) in [5, 5.41) is 1.89. The Kier molecular flexibility index (Phi) is 3.38. The first-order chi connectivity index (χ1) is 9.90. The minimum atomic E-state index is 0.620. The summed E-state index contributed by atoms with van der Waals surface area (Å²) >= 11 is 0. The summed E-state index contributed by atoms with van der Waals surface area (Å²) in [5.74, 6) is 0.723. The molecule has 0 amide bonds.